The van der Waals surface area contributed by atoms with Gasteiger partial charge in [-0.25, -0.2) is 4.39 Å². The number of hydrogen-bond donors (Lipinski definition) is 1. The Morgan fingerprint density at radius 2 is 1.71 bits per heavy atom. The highest BCUT2D eigenvalue weighted by atomic mass is 19.1. The summed E-state index contributed by atoms with van der Waals surface area (Å²) in [5, 5.41) is 2.89. The van der Waals surface area contributed by atoms with Gasteiger partial charge in [0, 0.05) is 6.07 Å². The lowest BCUT2D eigenvalue weighted by atomic mass is 9.87. The maximum Gasteiger partial charge on any atom is 0.232 e. The number of halogens is 1. The second-order valence-electron chi connectivity index (χ2n) is 5.83. The molecule has 24 heavy (non-hydrogen) atoms. The van der Waals surface area contributed by atoms with Crippen LogP contribution in [0.1, 0.15) is 25.3 Å². The van der Waals surface area contributed by atoms with Crippen molar-refractivity contribution in [3.63, 3.8) is 0 Å². The van der Waals surface area contributed by atoms with E-state index in [0.717, 1.165) is 5.56 Å². The van der Waals surface area contributed by atoms with E-state index < -0.39 is 5.92 Å². The first-order valence-corrected chi connectivity index (χ1v) is 7.74. The van der Waals surface area contributed by atoms with Crippen molar-refractivity contribution in [3.05, 3.63) is 53.8 Å². The summed E-state index contributed by atoms with van der Waals surface area (Å²) in [6, 6.07) is 11.2. The number of amides is 1. The number of anilines is 1. The maximum atomic E-state index is 13.2. The lowest BCUT2D eigenvalue weighted by Gasteiger charge is -2.21. The van der Waals surface area contributed by atoms with E-state index in [1.54, 1.807) is 37.4 Å². The van der Waals surface area contributed by atoms with E-state index in [2.05, 4.69) is 5.32 Å². The first-order chi connectivity index (χ1) is 11.5. The van der Waals surface area contributed by atoms with Gasteiger partial charge in [0.15, 0.2) is 0 Å². The molecule has 2 aromatic carbocycles. The lowest BCUT2D eigenvalue weighted by molar-refractivity contribution is -0.118. The standard InChI is InChI=1S/C19H22FNO3/c1-12(2)18(13-5-7-14(20)8-6-13)19(22)21-16-11-15(23-3)9-10-17(16)24-4/h5-12,18H,1-4H3,(H,21,22). The maximum absolute atomic E-state index is 13.2. The highest BCUT2D eigenvalue weighted by Gasteiger charge is 2.25. The number of benzene rings is 2. The minimum atomic E-state index is -0.401. The molecule has 0 radical (unpaired) electrons. The first-order valence-electron chi connectivity index (χ1n) is 7.74. The summed E-state index contributed by atoms with van der Waals surface area (Å²) in [5.41, 5.74) is 1.31. The van der Waals surface area contributed by atoms with E-state index in [9.17, 15) is 9.18 Å². The van der Waals surface area contributed by atoms with Crippen LogP contribution in [0.2, 0.25) is 0 Å². The number of carbonyl (C=O) groups is 1. The van der Waals surface area contributed by atoms with Gasteiger partial charge < -0.3 is 14.8 Å². The molecule has 0 spiro atoms. The highest BCUT2D eigenvalue weighted by molar-refractivity contribution is 5.97. The molecule has 0 aromatic heterocycles. The van der Waals surface area contributed by atoms with Crippen molar-refractivity contribution in [2.24, 2.45) is 5.92 Å². The van der Waals surface area contributed by atoms with Crippen molar-refractivity contribution in [3.8, 4) is 11.5 Å². The molecule has 1 unspecified atom stereocenters. The highest BCUT2D eigenvalue weighted by Crippen LogP contribution is 2.32. The average molecular weight is 331 g/mol. The molecule has 4 nitrogen and oxygen atoms in total. The van der Waals surface area contributed by atoms with Gasteiger partial charge in [-0.05, 0) is 35.7 Å². The van der Waals surface area contributed by atoms with E-state index in [1.165, 1.54) is 19.2 Å². The number of rotatable bonds is 6. The van der Waals surface area contributed by atoms with Crippen LogP contribution in [0.25, 0.3) is 0 Å². The lowest BCUT2D eigenvalue weighted by Crippen LogP contribution is -2.25. The number of carbonyl (C=O) groups excluding carboxylic acids is 1. The fraction of sp³-hybridized carbons (Fsp3) is 0.316. The van der Waals surface area contributed by atoms with Gasteiger partial charge >= 0.3 is 0 Å². The summed E-state index contributed by atoms with van der Waals surface area (Å²) < 4.78 is 23.6. The van der Waals surface area contributed by atoms with Crippen molar-refractivity contribution in [1.82, 2.24) is 0 Å². The number of hydrogen-bond acceptors (Lipinski definition) is 3. The quantitative estimate of drug-likeness (QED) is 0.862. The Hall–Kier alpha value is -2.56. The van der Waals surface area contributed by atoms with Crippen molar-refractivity contribution < 1.29 is 18.7 Å². The van der Waals surface area contributed by atoms with E-state index in [1.807, 2.05) is 13.8 Å². The fourth-order valence-corrected chi connectivity index (χ4v) is 2.63. The van der Waals surface area contributed by atoms with E-state index in [4.69, 9.17) is 9.47 Å². The molecule has 0 fully saturated rings. The summed E-state index contributed by atoms with van der Waals surface area (Å²) in [5.74, 6) is 0.313. The Morgan fingerprint density at radius 3 is 2.25 bits per heavy atom. The molecule has 0 heterocycles. The molecule has 0 saturated heterocycles. The predicted molar refractivity (Wildman–Crippen MR) is 92.2 cm³/mol. The molecular weight excluding hydrogens is 309 g/mol. The number of ether oxygens (including phenoxy) is 2. The molecule has 0 saturated carbocycles. The van der Waals surface area contributed by atoms with Crippen molar-refractivity contribution >= 4 is 11.6 Å². The molecule has 2 rings (SSSR count). The van der Waals surface area contributed by atoms with E-state index in [-0.39, 0.29) is 17.6 Å². The Bertz CT molecular complexity index is 698. The molecule has 2 aromatic rings. The molecule has 128 valence electrons. The molecule has 1 N–H and O–H groups in total. The van der Waals surface area contributed by atoms with Crippen LogP contribution in [0.4, 0.5) is 10.1 Å². The largest absolute Gasteiger partial charge is 0.497 e. The van der Waals surface area contributed by atoms with Crippen LogP contribution in [0.3, 0.4) is 0 Å². The minimum absolute atomic E-state index is 0.0482. The zero-order valence-corrected chi connectivity index (χ0v) is 14.3. The van der Waals surface area contributed by atoms with Gasteiger partial charge in [0.1, 0.15) is 17.3 Å². The van der Waals surface area contributed by atoms with Crippen LogP contribution in [0, 0.1) is 11.7 Å². The second-order valence-corrected chi connectivity index (χ2v) is 5.83. The third-order valence-corrected chi connectivity index (χ3v) is 3.84. The first kappa shape index (κ1) is 17.8. The Balaban J connectivity index is 2.30. The second kappa shape index (κ2) is 7.81. The molecule has 0 aliphatic heterocycles. The topological polar surface area (TPSA) is 47.6 Å². The molecule has 0 bridgehead atoms. The summed E-state index contributed by atoms with van der Waals surface area (Å²) in [6.07, 6.45) is 0. The summed E-state index contributed by atoms with van der Waals surface area (Å²) in [4.78, 5) is 12.8. The predicted octanol–water partition coefficient (Wildman–Crippen LogP) is 4.22. The van der Waals surface area contributed by atoms with Gasteiger partial charge in [0.05, 0.1) is 25.8 Å². The SMILES string of the molecule is COc1ccc(OC)c(NC(=O)C(c2ccc(F)cc2)C(C)C)c1. The molecular formula is C19H22FNO3. The third kappa shape index (κ3) is 4.04. The van der Waals surface area contributed by atoms with Gasteiger partial charge in [-0.1, -0.05) is 26.0 Å². The fourth-order valence-electron chi connectivity index (χ4n) is 2.63. The van der Waals surface area contributed by atoms with Gasteiger partial charge in [0.2, 0.25) is 5.91 Å². The van der Waals surface area contributed by atoms with Crippen LogP contribution >= 0.6 is 0 Å². The van der Waals surface area contributed by atoms with Crippen molar-refractivity contribution in [2.75, 3.05) is 19.5 Å². The Labute approximate surface area is 141 Å². The summed E-state index contributed by atoms with van der Waals surface area (Å²) in [6.45, 7) is 3.91. The zero-order valence-electron chi connectivity index (χ0n) is 14.3. The van der Waals surface area contributed by atoms with E-state index in [0.29, 0.717) is 17.2 Å². The van der Waals surface area contributed by atoms with Crippen LogP contribution in [-0.2, 0) is 4.79 Å². The number of methoxy groups -OCH3 is 2. The molecule has 5 heteroatoms. The minimum Gasteiger partial charge on any atom is -0.497 e. The third-order valence-electron chi connectivity index (χ3n) is 3.84. The molecule has 0 aliphatic carbocycles. The Morgan fingerprint density at radius 1 is 1.04 bits per heavy atom. The average Bonchev–Trinajstić information content (AvgIpc) is 2.56. The number of nitrogens with one attached hydrogen (secondary N) is 1. The molecule has 1 amide bonds. The normalized spacial score (nSPS) is 11.9. The van der Waals surface area contributed by atoms with Gasteiger partial charge in [0.25, 0.3) is 0 Å². The monoisotopic (exact) mass is 331 g/mol. The summed E-state index contributed by atoms with van der Waals surface area (Å²) in [7, 11) is 3.10. The van der Waals surface area contributed by atoms with E-state index >= 15 is 0 Å². The smallest absolute Gasteiger partial charge is 0.232 e. The Kier molecular flexibility index (Phi) is 5.79. The van der Waals surface area contributed by atoms with Gasteiger partial charge in [-0.15, -0.1) is 0 Å². The molecule has 0 aliphatic rings. The van der Waals surface area contributed by atoms with Crippen molar-refractivity contribution in [1.29, 1.82) is 0 Å². The van der Waals surface area contributed by atoms with Crippen LogP contribution in [0.15, 0.2) is 42.5 Å². The van der Waals surface area contributed by atoms with Gasteiger partial charge in [-0.2, -0.15) is 0 Å². The van der Waals surface area contributed by atoms with Gasteiger partial charge in [-0.3, -0.25) is 4.79 Å². The van der Waals surface area contributed by atoms with Crippen LogP contribution < -0.4 is 14.8 Å². The van der Waals surface area contributed by atoms with Crippen LogP contribution in [0.5, 0.6) is 11.5 Å². The van der Waals surface area contributed by atoms with Crippen LogP contribution in [-0.4, -0.2) is 20.1 Å². The van der Waals surface area contributed by atoms with Crippen molar-refractivity contribution in [2.45, 2.75) is 19.8 Å². The molecule has 1 atom stereocenters. The zero-order chi connectivity index (χ0) is 17.7. The summed E-state index contributed by atoms with van der Waals surface area (Å²) >= 11 is 0.